The quantitative estimate of drug-likeness (QED) is 0.702. The zero-order chi connectivity index (χ0) is 18.1. The van der Waals surface area contributed by atoms with Crippen LogP contribution in [0.3, 0.4) is 0 Å². The number of aromatic nitrogens is 1. The highest BCUT2D eigenvalue weighted by Crippen LogP contribution is 2.27. The molecular formula is C18H17N3O4S. The lowest BCUT2D eigenvalue weighted by Gasteiger charge is -2.34. The van der Waals surface area contributed by atoms with Crippen LogP contribution in [-0.2, 0) is 10.0 Å². The molecule has 1 aliphatic heterocycles. The van der Waals surface area contributed by atoms with E-state index in [1.165, 1.54) is 16.8 Å². The van der Waals surface area contributed by atoms with Crippen LogP contribution >= 0.6 is 0 Å². The summed E-state index contributed by atoms with van der Waals surface area (Å²) in [5.41, 5.74) is 0.362. The molecule has 134 valence electrons. The van der Waals surface area contributed by atoms with Crippen molar-refractivity contribution in [3.05, 3.63) is 60.8 Å². The van der Waals surface area contributed by atoms with Crippen LogP contribution in [0.1, 0.15) is 10.4 Å². The number of carbonyl (C=O) groups excluding carboxylic acids is 1. The van der Waals surface area contributed by atoms with Crippen molar-refractivity contribution in [2.24, 2.45) is 0 Å². The summed E-state index contributed by atoms with van der Waals surface area (Å²) in [4.78, 5) is 17.0. The normalized spacial score (nSPS) is 18.8. The number of hydrogen-bond acceptors (Lipinski definition) is 6. The van der Waals surface area contributed by atoms with Gasteiger partial charge in [0.05, 0.1) is 16.7 Å². The molecule has 2 aromatic heterocycles. The number of nitrogens with one attached hydrogen (secondary N) is 1. The van der Waals surface area contributed by atoms with E-state index in [9.17, 15) is 13.2 Å². The van der Waals surface area contributed by atoms with Crippen LogP contribution in [0.15, 0.2) is 64.6 Å². The highest BCUT2D eigenvalue weighted by molar-refractivity contribution is 7.89. The summed E-state index contributed by atoms with van der Waals surface area (Å²) >= 11 is 0. The van der Waals surface area contributed by atoms with E-state index in [1.807, 2.05) is 6.07 Å². The van der Waals surface area contributed by atoms with Crippen molar-refractivity contribution in [1.29, 1.82) is 0 Å². The van der Waals surface area contributed by atoms with Crippen LogP contribution in [-0.4, -0.2) is 49.2 Å². The Morgan fingerprint density at radius 2 is 2.15 bits per heavy atom. The molecule has 0 amide bonds. The number of nitrogens with zero attached hydrogens (tertiary/aromatic N) is 2. The van der Waals surface area contributed by atoms with Crippen molar-refractivity contribution in [2.45, 2.75) is 10.9 Å². The molecule has 1 saturated heterocycles. The minimum Gasteiger partial charge on any atom is -0.472 e. The molecule has 0 bridgehead atoms. The van der Waals surface area contributed by atoms with Crippen molar-refractivity contribution in [3.8, 4) is 0 Å². The van der Waals surface area contributed by atoms with E-state index in [0.717, 1.165) is 5.39 Å². The molecule has 0 saturated carbocycles. The third kappa shape index (κ3) is 2.82. The van der Waals surface area contributed by atoms with E-state index < -0.39 is 16.1 Å². The van der Waals surface area contributed by atoms with E-state index in [0.29, 0.717) is 17.5 Å². The predicted molar refractivity (Wildman–Crippen MR) is 95.3 cm³/mol. The average Bonchev–Trinajstić information content (AvgIpc) is 3.21. The Labute approximate surface area is 150 Å². The minimum atomic E-state index is -3.86. The second kappa shape index (κ2) is 6.64. The summed E-state index contributed by atoms with van der Waals surface area (Å²) in [6.45, 7) is 0.967. The average molecular weight is 371 g/mol. The SMILES string of the molecule is O=C(c1ccoc1)C1CNCCN1S(=O)(=O)c1cccc2cnccc12. The fourth-order valence-corrected chi connectivity index (χ4v) is 5.04. The van der Waals surface area contributed by atoms with Crippen LogP contribution < -0.4 is 5.32 Å². The Kier molecular flexibility index (Phi) is 4.31. The summed E-state index contributed by atoms with van der Waals surface area (Å²) < 4.78 is 33.0. The van der Waals surface area contributed by atoms with Crippen molar-refractivity contribution in [1.82, 2.24) is 14.6 Å². The van der Waals surface area contributed by atoms with Crippen molar-refractivity contribution < 1.29 is 17.6 Å². The molecule has 1 atom stereocenters. The van der Waals surface area contributed by atoms with Crippen LogP contribution in [0.4, 0.5) is 0 Å². The van der Waals surface area contributed by atoms with E-state index >= 15 is 0 Å². The van der Waals surface area contributed by atoms with Gasteiger partial charge in [-0.05, 0) is 18.2 Å². The van der Waals surface area contributed by atoms with Gasteiger partial charge in [0.1, 0.15) is 12.3 Å². The van der Waals surface area contributed by atoms with Gasteiger partial charge in [0.2, 0.25) is 10.0 Å². The van der Waals surface area contributed by atoms with Crippen LogP contribution in [0.5, 0.6) is 0 Å². The molecule has 1 N–H and O–H groups in total. The maximum atomic E-state index is 13.4. The lowest BCUT2D eigenvalue weighted by atomic mass is 10.1. The van der Waals surface area contributed by atoms with E-state index in [2.05, 4.69) is 10.3 Å². The zero-order valence-corrected chi connectivity index (χ0v) is 14.6. The van der Waals surface area contributed by atoms with Gasteiger partial charge in [-0.25, -0.2) is 8.42 Å². The van der Waals surface area contributed by atoms with E-state index in [4.69, 9.17) is 4.42 Å². The number of hydrogen-bond donors (Lipinski definition) is 1. The van der Waals surface area contributed by atoms with Gasteiger partial charge in [0.25, 0.3) is 0 Å². The number of carbonyl (C=O) groups is 1. The molecule has 26 heavy (non-hydrogen) atoms. The molecule has 0 radical (unpaired) electrons. The monoisotopic (exact) mass is 371 g/mol. The number of benzene rings is 1. The summed E-state index contributed by atoms with van der Waals surface area (Å²) in [5.74, 6) is -0.281. The van der Waals surface area contributed by atoms with Crippen LogP contribution in [0, 0.1) is 0 Å². The molecule has 1 unspecified atom stereocenters. The standard InChI is InChI=1S/C18H17N3O4S/c22-18(14-5-9-25-12-14)16-11-20-7-8-21(16)26(23,24)17-3-1-2-13-10-19-6-4-15(13)17/h1-6,9-10,12,16,20H,7-8,11H2. The highest BCUT2D eigenvalue weighted by Gasteiger charge is 2.38. The lowest BCUT2D eigenvalue weighted by molar-refractivity contribution is 0.0874. The Morgan fingerprint density at radius 3 is 2.96 bits per heavy atom. The number of furan rings is 1. The fourth-order valence-electron chi connectivity index (χ4n) is 3.24. The molecule has 3 heterocycles. The molecule has 4 rings (SSSR count). The first kappa shape index (κ1) is 16.9. The number of fused-ring (bicyclic) bond motifs is 1. The molecule has 0 spiro atoms. The van der Waals surface area contributed by atoms with Crippen molar-refractivity contribution >= 4 is 26.6 Å². The maximum Gasteiger partial charge on any atom is 0.244 e. The molecular weight excluding hydrogens is 354 g/mol. The Balaban J connectivity index is 1.79. The lowest BCUT2D eigenvalue weighted by Crippen LogP contribution is -2.56. The Morgan fingerprint density at radius 1 is 1.27 bits per heavy atom. The summed E-state index contributed by atoms with van der Waals surface area (Å²) in [5, 5.41) is 4.43. The Bertz CT molecular complexity index is 1040. The van der Waals surface area contributed by atoms with Gasteiger partial charge in [0, 0.05) is 42.8 Å². The third-order valence-electron chi connectivity index (χ3n) is 4.53. The molecule has 1 fully saturated rings. The van der Waals surface area contributed by atoms with Gasteiger partial charge >= 0.3 is 0 Å². The second-order valence-corrected chi connectivity index (χ2v) is 7.92. The van der Waals surface area contributed by atoms with Crippen LogP contribution in [0.25, 0.3) is 10.8 Å². The topological polar surface area (TPSA) is 92.5 Å². The first-order valence-corrected chi connectivity index (χ1v) is 9.65. The van der Waals surface area contributed by atoms with Crippen molar-refractivity contribution in [2.75, 3.05) is 19.6 Å². The van der Waals surface area contributed by atoms with E-state index in [-0.39, 0.29) is 23.8 Å². The van der Waals surface area contributed by atoms with Gasteiger partial charge < -0.3 is 9.73 Å². The Hall–Kier alpha value is -2.55. The van der Waals surface area contributed by atoms with Crippen molar-refractivity contribution in [3.63, 3.8) is 0 Å². The predicted octanol–water partition coefficient (Wildman–Crippen LogP) is 1.67. The molecule has 1 aliphatic rings. The fraction of sp³-hybridized carbons (Fsp3) is 0.222. The first-order valence-electron chi connectivity index (χ1n) is 8.21. The molecule has 8 heteroatoms. The minimum absolute atomic E-state index is 0.185. The van der Waals surface area contributed by atoms with E-state index in [1.54, 1.807) is 36.7 Å². The summed E-state index contributed by atoms with van der Waals surface area (Å²) in [6.07, 6.45) is 5.93. The summed E-state index contributed by atoms with van der Waals surface area (Å²) in [7, 11) is -3.86. The molecule has 0 aliphatic carbocycles. The van der Waals surface area contributed by atoms with Gasteiger partial charge in [-0.1, -0.05) is 12.1 Å². The number of rotatable bonds is 4. The smallest absolute Gasteiger partial charge is 0.244 e. The number of Topliss-reactive ketones (excluding diaryl/α,β-unsaturated/α-hetero) is 1. The van der Waals surface area contributed by atoms with Crippen LogP contribution in [0.2, 0.25) is 0 Å². The number of sulfonamides is 1. The van der Waals surface area contributed by atoms with Gasteiger partial charge in [-0.3, -0.25) is 9.78 Å². The number of ketones is 1. The van der Waals surface area contributed by atoms with Gasteiger partial charge in [0.15, 0.2) is 5.78 Å². The molecule has 3 aromatic rings. The number of pyridine rings is 1. The van der Waals surface area contributed by atoms with Gasteiger partial charge in [-0.2, -0.15) is 4.31 Å². The second-order valence-electron chi connectivity index (χ2n) is 6.06. The maximum absolute atomic E-state index is 13.4. The zero-order valence-electron chi connectivity index (χ0n) is 13.8. The largest absolute Gasteiger partial charge is 0.472 e. The molecule has 1 aromatic carbocycles. The third-order valence-corrected chi connectivity index (χ3v) is 6.50. The first-order chi connectivity index (χ1) is 12.6. The van der Waals surface area contributed by atoms with Gasteiger partial charge in [-0.15, -0.1) is 0 Å². The molecule has 7 nitrogen and oxygen atoms in total. The number of piperazine rings is 1. The summed E-state index contributed by atoms with van der Waals surface area (Å²) in [6, 6.07) is 7.48. The highest BCUT2D eigenvalue weighted by atomic mass is 32.2.